The lowest BCUT2D eigenvalue weighted by atomic mass is 10.1. The highest BCUT2D eigenvalue weighted by atomic mass is 32.1. The molecule has 6 nitrogen and oxygen atoms in total. The Hall–Kier alpha value is -3.84. The van der Waals surface area contributed by atoms with Gasteiger partial charge in [-0.05, 0) is 37.6 Å². The highest BCUT2D eigenvalue weighted by Gasteiger charge is 2.21. The van der Waals surface area contributed by atoms with E-state index in [-0.39, 0.29) is 5.56 Å². The van der Waals surface area contributed by atoms with Gasteiger partial charge in [-0.3, -0.25) is 9.89 Å². The predicted octanol–water partition coefficient (Wildman–Crippen LogP) is 5.29. The topological polar surface area (TPSA) is 75.9 Å². The Bertz CT molecular complexity index is 1440. The molecule has 31 heavy (non-hydrogen) atoms. The number of nitrogens with one attached hydrogen (secondary N) is 1. The molecule has 0 unspecified atom stereocenters. The van der Waals surface area contributed by atoms with Crippen LogP contribution in [0.2, 0.25) is 0 Å². The number of aryl methyl sites for hydroxylation is 1. The molecular weight excluding hydrogens is 406 g/mol. The summed E-state index contributed by atoms with van der Waals surface area (Å²) in [6, 6.07) is 21.5. The molecule has 5 aromatic rings. The summed E-state index contributed by atoms with van der Waals surface area (Å²) in [6.07, 6.45) is 1.70. The number of benzene rings is 2. The van der Waals surface area contributed by atoms with Gasteiger partial charge in [0.2, 0.25) is 5.13 Å². The van der Waals surface area contributed by atoms with Crippen molar-refractivity contribution >= 4 is 33.1 Å². The van der Waals surface area contributed by atoms with Gasteiger partial charge in [0, 0.05) is 11.8 Å². The van der Waals surface area contributed by atoms with Crippen molar-refractivity contribution in [3.05, 3.63) is 94.4 Å². The number of hydrogen-bond donors (Lipinski definition) is 1. The molecule has 5 rings (SSSR count). The zero-order valence-electron chi connectivity index (χ0n) is 17.0. The minimum Gasteiger partial charge on any atom is -0.288 e. The quantitative estimate of drug-likeness (QED) is 0.398. The van der Waals surface area contributed by atoms with Crippen LogP contribution >= 0.6 is 11.3 Å². The molecular formula is C24H19N5OS. The van der Waals surface area contributed by atoms with Crippen molar-refractivity contribution in [3.63, 3.8) is 0 Å². The number of para-hydroxylation sites is 1. The molecule has 3 aromatic heterocycles. The molecule has 0 bridgehead atoms. The van der Waals surface area contributed by atoms with E-state index < -0.39 is 0 Å². The summed E-state index contributed by atoms with van der Waals surface area (Å²) >= 11 is 1.47. The largest absolute Gasteiger partial charge is 0.288 e. The Balaban J connectivity index is 1.73. The van der Waals surface area contributed by atoms with Crippen molar-refractivity contribution in [1.82, 2.24) is 19.7 Å². The van der Waals surface area contributed by atoms with Gasteiger partial charge < -0.3 is 0 Å². The van der Waals surface area contributed by atoms with Gasteiger partial charge in [-0.25, -0.2) is 15.0 Å². The first-order valence-electron chi connectivity index (χ1n) is 9.85. The molecule has 7 heteroatoms. The second-order valence-corrected chi connectivity index (χ2v) is 8.18. The molecule has 0 saturated carbocycles. The maximum Gasteiger partial charge on any atom is 0.283 e. The van der Waals surface area contributed by atoms with Gasteiger partial charge in [0.05, 0.1) is 27.2 Å². The summed E-state index contributed by atoms with van der Waals surface area (Å²) in [5, 5.41) is 3.87. The Morgan fingerprint density at radius 3 is 2.58 bits per heavy atom. The van der Waals surface area contributed by atoms with Crippen molar-refractivity contribution in [3.8, 4) is 16.4 Å². The maximum absolute atomic E-state index is 13.6. The van der Waals surface area contributed by atoms with E-state index in [1.165, 1.54) is 16.0 Å². The summed E-state index contributed by atoms with van der Waals surface area (Å²) in [5.74, 6) is 0.603. The number of nitrogens with zero attached hydrogens (tertiary/aromatic N) is 4. The molecule has 0 fully saturated rings. The lowest BCUT2D eigenvalue weighted by molar-refractivity contribution is 0.845. The number of aromatic nitrogens is 4. The molecule has 3 heterocycles. The van der Waals surface area contributed by atoms with E-state index in [4.69, 9.17) is 0 Å². The first-order valence-corrected chi connectivity index (χ1v) is 10.7. The van der Waals surface area contributed by atoms with E-state index in [9.17, 15) is 4.79 Å². The third-order valence-electron chi connectivity index (χ3n) is 5.04. The lowest BCUT2D eigenvalue weighted by Crippen LogP contribution is -2.19. The first-order chi connectivity index (χ1) is 15.1. The molecule has 0 aliphatic rings. The highest BCUT2D eigenvalue weighted by molar-refractivity contribution is 7.20. The maximum atomic E-state index is 13.6. The van der Waals surface area contributed by atoms with E-state index in [1.54, 1.807) is 6.20 Å². The number of hydrogen-bond acceptors (Lipinski definition) is 5. The van der Waals surface area contributed by atoms with Gasteiger partial charge in [-0.1, -0.05) is 59.9 Å². The van der Waals surface area contributed by atoms with E-state index >= 15 is 0 Å². The standard InChI is InChI=1S/C24H19N5OS/c1-15-9-8-14-25-22(15)26-16(2)20-21(17-10-4-3-5-11-17)28-29(23(20)30)24-27-18-12-6-7-13-19(18)31-24/h3-14,28H,1-2H3. The molecule has 0 amide bonds. The summed E-state index contributed by atoms with van der Waals surface area (Å²) < 4.78 is 2.53. The molecule has 0 radical (unpaired) electrons. The average molecular weight is 426 g/mol. The summed E-state index contributed by atoms with van der Waals surface area (Å²) in [5.41, 5.74) is 4.35. The van der Waals surface area contributed by atoms with E-state index in [2.05, 4.69) is 20.1 Å². The van der Waals surface area contributed by atoms with Crippen LogP contribution in [-0.4, -0.2) is 25.5 Å². The van der Waals surface area contributed by atoms with Crippen molar-refractivity contribution < 1.29 is 0 Å². The smallest absolute Gasteiger partial charge is 0.283 e. The first kappa shape index (κ1) is 19.1. The summed E-state index contributed by atoms with van der Waals surface area (Å²) in [4.78, 5) is 27.2. The molecule has 152 valence electrons. The van der Waals surface area contributed by atoms with Crippen molar-refractivity contribution in [1.29, 1.82) is 0 Å². The van der Waals surface area contributed by atoms with Gasteiger partial charge in [0.25, 0.3) is 5.56 Å². The number of aromatic amines is 1. The third kappa shape index (κ3) is 3.49. The van der Waals surface area contributed by atoms with Gasteiger partial charge >= 0.3 is 0 Å². The number of aliphatic imine (C=N–C) groups is 1. The Kier molecular flexibility index (Phi) is 4.80. The SMILES string of the molecule is CC(=Nc1ncccc1C)c1c(-c2ccccc2)[nH]n(-c2nc3ccccc3s2)c1=O. The number of rotatable bonds is 4. The lowest BCUT2D eigenvalue weighted by Gasteiger charge is -2.03. The third-order valence-corrected chi connectivity index (χ3v) is 6.07. The Labute approximate surface area is 182 Å². The molecule has 0 spiro atoms. The molecule has 0 saturated heterocycles. The molecule has 1 N–H and O–H groups in total. The number of pyridine rings is 1. The minimum absolute atomic E-state index is 0.187. The molecule has 0 atom stereocenters. The Morgan fingerprint density at radius 1 is 1.03 bits per heavy atom. The van der Waals surface area contributed by atoms with Crippen LogP contribution in [0.1, 0.15) is 18.1 Å². The fourth-order valence-electron chi connectivity index (χ4n) is 3.49. The van der Waals surface area contributed by atoms with Crippen LogP contribution in [0.15, 0.2) is 82.7 Å². The van der Waals surface area contributed by atoms with Crippen molar-refractivity contribution in [2.75, 3.05) is 0 Å². The number of H-pyrrole nitrogens is 1. The van der Waals surface area contributed by atoms with E-state index in [0.29, 0.717) is 27.9 Å². The fraction of sp³-hybridized carbons (Fsp3) is 0.0833. The summed E-state index contributed by atoms with van der Waals surface area (Å²) in [6.45, 7) is 3.79. The predicted molar refractivity (Wildman–Crippen MR) is 126 cm³/mol. The average Bonchev–Trinajstić information content (AvgIpc) is 3.37. The van der Waals surface area contributed by atoms with Crippen LogP contribution in [0.5, 0.6) is 0 Å². The molecule has 0 aliphatic heterocycles. The van der Waals surface area contributed by atoms with Crippen LogP contribution < -0.4 is 5.56 Å². The molecule has 2 aromatic carbocycles. The van der Waals surface area contributed by atoms with Crippen LogP contribution in [0, 0.1) is 6.92 Å². The molecule has 0 aliphatic carbocycles. The van der Waals surface area contributed by atoms with Gasteiger partial charge in [0.1, 0.15) is 0 Å². The van der Waals surface area contributed by atoms with Gasteiger partial charge in [-0.15, -0.1) is 0 Å². The van der Waals surface area contributed by atoms with E-state index in [1.807, 2.05) is 80.6 Å². The van der Waals surface area contributed by atoms with Gasteiger partial charge in [-0.2, -0.15) is 4.68 Å². The van der Waals surface area contributed by atoms with Crippen LogP contribution in [-0.2, 0) is 0 Å². The van der Waals surface area contributed by atoms with Crippen LogP contribution in [0.3, 0.4) is 0 Å². The van der Waals surface area contributed by atoms with Crippen LogP contribution in [0.4, 0.5) is 5.82 Å². The van der Waals surface area contributed by atoms with Crippen molar-refractivity contribution in [2.45, 2.75) is 13.8 Å². The van der Waals surface area contributed by atoms with Gasteiger partial charge in [0.15, 0.2) is 5.82 Å². The minimum atomic E-state index is -0.187. The highest BCUT2D eigenvalue weighted by Crippen LogP contribution is 2.27. The van der Waals surface area contributed by atoms with Crippen LogP contribution in [0.25, 0.3) is 26.6 Å². The summed E-state index contributed by atoms with van der Waals surface area (Å²) in [7, 11) is 0. The second kappa shape index (κ2) is 7.77. The number of thiazole rings is 1. The second-order valence-electron chi connectivity index (χ2n) is 7.17. The fourth-order valence-corrected chi connectivity index (χ4v) is 4.41. The number of fused-ring (bicyclic) bond motifs is 1. The van der Waals surface area contributed by atoms with Crippen molar-refractivity contribution in [2.24, 2.45) is 4.99 Å². The van der Waals surface area contributed by atoms with E-state index in [0.717, 1.165) is 21.3 Å². The zero-order valence-corrected chi connectivity index (χ0v) is 17.9. The Morgan fingerprint density at radius 2 is 1.81 bits per heavy atom. The normalized spacial score (nSPS) is 11.9. The zero-order chi connectivity index (χ0) is 21.4. The monoisotopic (exact) mass is 425 g/mol.